The second-order valence-corrected chi connectivity index (χ2v) is 5.78. The number of morpholine rings is 1. The lowest BCUT2D eigenvalue weighted by molar-refractivity contribution is -0.0109. The predicted octanol–water partition coefficient (Wildman–Crippen LogP) is 0.180. The van der Waals surface area contributed by atoms with E-state index in [1.807, 2.05) is 16.8 Å². The number of aliphatic hydroxyl groups excluding tert-OH is 1. The van der Waals surface area contributed by atoms with Gasteiger partial charge in [0, 0.05) is 25.2 Å². The highest BCUT2D eigenvalue weighted by Gasteiger charge is 2.29. The Morgan fingerprint density at radius 2 is 2.22 bits per heavy atom. The molecule has 1 amide bonds. The van der Waals surface area contributed by atoms with E-state index in [0.29, 0.717) is 49.9 Å². The summed E-state index contributed by atoms with van der Waals surface area (Å²) < 4.78 is 16.2. The van der Waals surface area contributed by atoms with Gasteiger partial charge >= 0.3 is 0 Å². The number of rotatable bonds is 5. The molecule has 2 heterocycles. The van der Waals surface area contributed by atoms with E-state index in [-0.39, 0.29) is 25.3 Å². The molecule has 1 unspecified atom stereocenters. The number of fused-ring (bicyclic) bond motifs is 1. The van der Waals surface area contributed by atoms with E-state index in [1.54, 1.807) is 18.2 Å². The lowest BCUT2D eigenvalue weighted by Crippen LogP contribution is -2.53. The van der Waals surface area contributed by atoms with Crippen LogP contribution in [0, 0.1) is 0 Å². The van der Waals surface area contributed by atoms with Crippen LogP contribution >= 0.6 is 0 Å². The van der Waals surface area contributed by atoms with E-state index >= 15 is 0 Å². The van der Waals surface area contributed by atoms with Gasteiger partial charge in [0.05, 0.1) is 25.9 Å². The van der Waals surface area contributed by atoms with Crippen molar-refractivity contribution in [3.05, 3.63) is 23.8 Å². The molecule has 0 aromatic heterocycles. The Hall–Kier alpha value is -1.83. The molecule has 1 aromatic carbocycles. The lowest BCUT2D eigenvalue weighted by Gasteiger charge is -2.37. The number of amides is 1. The molecule has 1 saturated heterocycles. The van der Waals surface area contributed by atoms with Crippen molar-refractivity contribution in [3.8, 4) is 11.5 Å². The van der Waals surface area contributed by atoms with Crippen molar-refractivity contribution in [2.24, 2.45) is 0 Å². The van der Waals surface area contributed by atoms with Crippen LogP contribution in [-0.2, 0) is 4.74 Å². The molecule has 1 N–H and O–H groups in total. The highest BCUT2D eigenvalue weighted by atomic mass is 16.7. The second kappa shape index (κ2) is 7.16. The SMILES string of the molecule is CN(CCO)CC1COCCN1C(=O)c1ccc2c(c1)OCO2. The van der Waals surface area contributed by atoms with Crippen molar-refractivity contribution >= 4 is 5.91 Å². The second-order valence-electron chi connectivity index (χ2n) is 5.78. The Morgan fingerprint density at radius 3 is 3.04 bits per heavy atom. The third-order valence-electron chi connectivity index (χ3n) is 4.11. The number of nitrogens with zero attached hydrogens (tertiary/aromatic N) is 2. The number of ether oxygens (including phenoxy) is 3. The fourth-order valence-electron chi connectivity index (χ4n) is 2.89. The third kappa shape index (κ3) is 3.57. The van der Waals surface area contributed by atoms with Gasteiger partial charge in [0.2, 0.25) is 6.79 Å². The summed E-state index contributed by atoms with van der Waals surface area (Å²) in [5, 5.41) is 9.03. The molecule has 0 aliphatic carbocycles. The van der Waals surface area contributed by atoms with Crippen molar-refractivity contribution in [2.75, 3.05) is 53.3 Å². The van der Waals surface area contributed by atoms with Gasteiger partial charge in [-0.25, -0.2) is 0 Å². The zero-order chi connectivity index (χ0) is 16.2. The van der Waals surface area contributed by atoms with Crippen LogP contribution in [0.25, 0.3) is 0 Å². The van der Waals surface area contributed by atoms with E-state index in [4.69, 9.17) is 19.3 Å². The summed E-state index contributed by atoms with van der Waals surface area (Å²) in [5.41, 5.74) is 0.589. The molecule has 0 bridgehead atoms. The molecule has 7 nitrogen and oxygen atoms in total. The predicted molar refractivity (Wildman–Crippen MR) is 82.8 cm³/mol. The Balaban J connectivity index is 1.73. The van der Waals surface area contributed by atoms with Gasteiger partial charge in [-0.15, -0.1) is 0 Å². The molecular weight excluding hydrogens is 300 g/mol. The lowest BCUT2D eigenvalue weighted by atomic mass is 10.1. The highest BCUT2D eigenvalue weighted by molar-refractivity contribution is 5.95. The van der Waals surface area contributed by atoms with Crippen molar-refractivity contribution in [1.29, 1.82) is 0 Å². The number of hydrogen-bond acceptors (Lipinski definition) is 6. The summed E-state index contributed by atoms with van der Waals surface area (Å²) in [4.78, 5) is 16.7. The first-order valence-corrected chi connectivity index (χ1v) is 7.77. The molecule has 1 atom stereocenters. The molecule has 3 rings (SSSR count). The average Bonchev–Trinajstić information content (AvgIpc) is 3.02. The molecule has 0 spiro atoms. The molecule has 23 heavy (non-hydrogen) atoms. The Kier molecular flexibility index (Phi) is 5.00. The molecule has 2 aliphatic rings. The summed E-state index contributed by atoms with van der Waals surface area (Å²) in [6.45, 7) is 3.13. The van der Waals surface area contributed by atoms with E-state index < -0.39 is 0 Å². The molecule has 126 valence electrons. The van der Waals surface area contributed by atoms with Crippen molar-refractivity contribution in [2.45, 2.75) is 6.04 Å². The Labute approximate surface area is 135 Å². The quantitative estimate of drug-likeness (QED) is 0.834. The van der Waals surface area contributed by atoms with Gasteiger partial charge < -0.3 is 29.1 Å². The number of likely N-dealkylation sites (N-methyl/N-ethyl adjacent to an activating group) is 1. The maximum Gasteiger partial charge on any atom is 0.254 e. The Morgan fingerprint density at radius 1 is 1.39 bits per heavy atom. The van der Waals surface area contributed by atoms with Crippen LogP contribution in [0.4, 0.5) is 0 Å². The van der Waals surface area contributed by atoms with Crippen molar-refractivity contribution in [1.82, 2.24) is 9.80 Å². The number of hydrogen-bond donors (Lipinski definition) is 1. The molecule has 2 aliphatic heterocycles. The van der Waals surface area contributed by atoms with Gasteiger partial charge in [0.1, 0.15) is 0 Å². The maximum atomic E-state index is 12.9. The van der Waals surface area contributed by atoms with Crippen LogP contribution < -0.4 is 9.47 Å². The number of aliphatic hydroxyl groups is 1. The van der Waals surface area contributed by atoms with Crippen LogP contribution in [0.1, 0.15) is 10.4 Å². The van der Waals surface area contributed by atoms with Crippen LogP contribution in [0.3, 0.4) is 0 Å². The minimum absolute atomic E-state index is 0.0294. The molecule has 0 saturated carbocycles. The first kappa shape index (κ1) is 16.0. The minimum atomic E-state index is -0.0333. The van der Waals surface area contributed by atoms with E-state index in [1.165, 1.54) is 0 Å². The van der Waals surface area contributed by atoms with E-state index in [0.717, 1.165) is 0 Å². The van der Waals surface area contributed by atoms with Gasteiger partial charge in [-0.1, -0.05) is 0 Å². The standard InChI is InChI=1S/C16H22N2O5/c1-17(4-6-19)9-13-10-21-7-5-18(13)16(20)12-2-3-14-15(8-12)23-11-22-14/h2-3,8,13,19H,4-7,9-11H2,1H3. The van der Waals surface area contributed by atoms with Crippen LogP contribution in [0.2, 0.25) is 0 Å². The van der Waals surface area contributed by atoms with E-state index in [9.17, 15) is 4.79 Å². The third-order valence-corrected chi connectivity index (χ3v) is 4.11. The summed E-state index contributed by atoms with van der Waals surface area (Å²) in [6, 6.07) is 5.23. The van der Waals surface area contributed by atoms with Crippen molar-refractivity contribution in [3.63, 3.8) is 0 Å². The number of benzene rings is 1. The summed E-state index contributed by atoms with van der Waals surface area (Å²) >= 11 is 0. The van der Waals surface area contributed by atoms with Crippen LogP contribution in [0.5, 0.6) is 11.5 Å². The van der Waals surface area contributed by atoms with Crippen molar-refractivity contribution < 1.29 is 24.1 Å². The Bertz CT molecular complexity index is 565. The fourth-order valence-corrected chi connectivity index (χ4v) is 2.89. The largest absolute Gasteiger partial charge is 0.454 e. The van der Waals surface area contributed by atoms with Gasteiger partial charge in [-0.05, 0) is 25.2 Å². The molecule has 7 heteroatoms. The van der Waals surface area contributed by atoms with Gasteiger partial charge in [-0.2, -0.15) is 0 Å². The number of carbonyl (C=O) groups excluding carboxylic acids is 1. The first-order chi connectivity index (χ1) is 11.2. The molecule has 1 fully saturated rings. The number of carbonyl (C=O) groups is 1. The maximum absolute atomic E-state index is 12.9. The first-order valence-electron chi connectivity index (χ1n) is 7.77. The summed E-state index contributed by atoms with van der Waals surface area (Å²) in [6.07, 6.45) is 0. The van der Waals surface area contributed by atoms with Gasteiger partial charge in [0.15, 0.2) is 11.5 Å². The average molecular weight is 322 g/mol. The monoisotopic (exact) mass is 322 g/mol. The fraction of sp³-hybridized carbons (Fsp3) is 0.562. The smallest absolute Gasteiger partial charge is 0.254 e. The zero-order valence-electron chi connectivity index (χ0n) is 13.2. The molecular formula is C16H22N2O5. The van der Waals surface area contributed by atoms with Crippen LogP contribution in [0.15, 0.2) is 18.2 Å². The summed E-state index contributed by atoms with van der Waals surface area (Å²) in [7, 11) is 1.92. The topological polar surface area (TPSA) is 71.5 Å². The summed E-state index contributed by atoms with van der Waals surface area (Å²) in [5.74, 6) is 1.25. The normalized spacial score (nSPS) is 20.1. The minimum Gasteiger partial charge on any atom is -0.454 e. The van der Waals surface area contributed by atoms with Gasteiger partial charge in [0.25, 0.3) is 5.91 Å². The highest BCUT2D eigenvalue weighted by Crippen LogP contribution is 2.33. The molecule has 1 aromatic rings. The van der Waals surface area contributed by atoms with Crippen LogP contribution in [-0.4, -0.2) is 80.2 Å². The molecule has 0 radical (unpaired) electrons. The van der Waals surface area contributed by atoms with E-state index in [2.05, 4.69) is 0 Å². The van der Waals surface area contributed by atoms with Gasteiger partial charge in [-0.3, -0.25) is 4.79 Å². The zero-order valence-corrected chi connectivity index (χ0v) is 13.2.